The van der Waals surface area contributed by atoms with E-state index < -0.39 is 0 Å². The van der Waals surface area contributed by atoms with Gasteiger partial charge in [0.05, 0.1) is 11.6 Å². The fourth-order valence-electron chi connectivity index (χ4n) is 1.83. The first-order valence-corrected chi connectivity index (χ1v) is 6.58. The Balaban J connectivity index is 2.19. The third-order valence-corrected chi connectivity index (χ3v) is 3.34. The van der Waals surface area contributed by atoms with Gasteiger partial charge >= 0.3 is 0 Å². The van der Waals surface area contributed by atoms with Crippen LogP contribution in [-0.2, 0) is 6.54 Å². The molecule has 4 heteroatoms. The Kier molecular flexibility index (Phi) is 4.18. The maximum Gasteiger partial charge on any atom is 0.123 e. The Morgan fingerprint density at radius 2 is 2.05 bits per heavy atom. The highest BCUT2D eigenvalue weighted by atomic mass is 79.9. The van der Waals surface area contributed by atoms with Crippen molar-refractivity contribution in [2.24, 2.45) is 0 Å². The van der Waals surface area contributed by atoms with Crippen molar-refractivity contribution < 1.29 is 4.39 Å². The average molecular weight is 319 g/mol. The quantitative estimate of drug-likeness (QED) is 0.911. The van der Waals surface area contributed by atoms with Crippen molar-refractivity contribution in [3.8, 4) is 6.07 Å². The lowest BCUT2D eigenvalue weighted by Crippen LogP contribution is -2.03. The maximum absolute atomic E-state index is 13.2. The van der Waals surface area contributed by atoms with E-state index in [1.54, 1.807) is 0 Å². The first-order valence-electron chi connectivity index (χ1n) is 5.78. The second-order valence-corrected chi connectivity index (χ2v) is 5.14. The van der Waals surface area contributed by atoms with Gasteiger partial charge in [0, 0.05) is 16.7 Å². The van der Waals surface area contributed by atoms with Gasteiger partial charge in [-0.2, -0.15) is 5.26 Å². The van der Waals surface area contributed by atoms with Crippen LogP contribution in [0.15, 0.2) is 40.9 Å². The number of benzene rings is 2. The lowest BCUT2D eigenvalue weighted by Gasteiger charge is -2.11. The molecule has 19 heavy (non-hydrogen) atoms. The Labute approximate surface area is 120 Å². The van der Waals surface area contributed by atoms with Crippen LogP contribution in [-0.4, -0.2) is 0 Å². The normalized spacial score (nSPS) is 10.0. The number of nitrogens with zero attached hydrogens (tertiary/aromatic N) is 1. The minimum atomic E-state index is -0.330. The summed E-state index contributed by atoms with van der Waals surface area (Å²) in [5.41, 5.74) is 3.20. The van der Waals surface area contributed by atoms with E-state index in [1.807, 2.05) is 25.1 Å². The summed E-state index contributed by atoms with van der Waals surface area (Å²) in [5, 5.41) is 12.2. The summed E-state index contributed by atoms with van der Waals surface area (Å²) in [6.45, 7) is 2.41. The second kappa shape index (κ2) is 5.85. The van der Waals surface area contributed by atoms with E-state index in [9.17, 15) is 4.39 Å². The SMILES string of the molecule is Cc1cc(Br)ccc1NCc1cc(F)ccc1C#N. The smallest absolute Gasteiger partial charge is 0.123 e. The molecule has 2 nitrogen and oxygen atoms in total. The predicted molar refractivity (Wildman–Crippen MR) is 77.3 cm³/mol. The summed E-state index contributed by atoms with van der Waals surface area (Å²) in [5.74, 6) is -0.330. The molecule has 0 bridgehead atoms. The summed E-state index contributed by atoms with van der Waals surface area (Å²) < 4.78 is 14.2. The molecule has 0 radical (unpaired) electrons. The van der Waals surface area contributed by atoms with Crippen molar-refractivity contribution >= 4 is 21.6 Å². The lowest BCUT2D eigenvalue weighted by atomic mass is 10.1. The second-order valence-electron chi connectivity index (χ2n) is 4.23. The number of nitrogens with one attached hydrogen (secondary N) is 1. The Morgan fingerprint density at radius 3 is 2.74 bits per heavy atom. The number of aryl methyl sites for hydroxylation is 1. The molecule has 1 N–H and O–H groups in total. The molecule has 0 saturated heterocycles. The lowest BCUT2D eigenvalue weighted by molar-refractivity contribution is 0.625. The first-order chi connectivity index (χ1) is 9.10. The van der Waals surface area contributed by atoms with E-state index in [0.717, 1.165) is 15.7 Å². The topological polar surface area (TPSA) is 35.8 Å². The molecular weight excluding hydrogens is 307 g/mol. The van der Waals surface area contributed by atoms with E-state index in [4.69, 9.17) is 5.26 Å². The summed E-state index contributed by atoms with van der Waals surface area (Å²) in [7, 11) is 0. The molecule has 0 atom stereocenters. The predicted octanol–water partition coefficient (Wildman–Crippen LogP) is 4.38. The fourth-order valence-corrected chi connectivity index (χ4v) is 2.31. The van der Waals surface area contributed by atoms with E-state index >= 15 is 0 Å². The van der Waals surface area contributed by atoms with Crippen LogP contribution in [0.3, 0.4) is 0 Å². The van der Waals surface area contributed by atoms with Gasteiger partial charge in [-0.25, -0.2) is 4.39 Å². The molecular formula is C15H12BrFN2. The zero-order valence-corrected chi connectivity index (χ0v) is 12.0. The number of hydrogen-bond donors (Lipinski definition) is 1. The monoisotopic (exact) mass is 318 g/mol. The molecule has 0 heterocycles. The van der Waals surface area contributed by atoms with Gasteiger partial charge in [0.2, 0.25) is 0 Å². The van der Waals surface area contributed by atoms with Gasteiger partial charge < -0.3 is 5.32 Å². The van der Waals surface area contributed by atoms with Gasteiger partial charge in [0.1, 0.15) is 5.82 Å². The van der Waals surface area contributed by atoms with Crippen molar-refractivity contribution in [1.29, 1.82) is 5.26 Å². The molecule has 2 rings (SSSR count). The van der Waals surface area contributed by atoms with Crippen molar-refractivity contribution in [3.05, 3.63) is 63.4 Å². The molecule has 2 aromatic rings. The largest absolute Gasteiger partial charge is 0.381 e. The third-order valence-electron chi connectivity index (χ3n) is 2.85. The van der Waals surface area contributed by atoms with Crippen molar-refractivity contribution in [1.82, 2.24) is 0 Å². The average Bonchev–Trinajstić information content (AvgIpc) is 2.38. The number of rotatable bonds is 3. The van der Waals surface area contributed by atoms with E-state index in [2.05, 4.69) is 27.3 Å². The molecule has 0 aliphatic heterocycles. The highest BCUT2D eigenvalue weighted by Gasteiger charge is 2.05. The molecule has 0 fully saturated rings. The summed E-state index contributed by atoms with van der Waals surface area (Å²) in [6, 6.07) is 12.1. The molecule has 96 valence electrons. The number of hydrogen-bond acceptors (Lipinski definition) is 2. The third kappa shape index (κ3) is 3.33. The van der Waals surface area contributed by atoms with Crippen molar-refractivity contribution in [3.63, 3.8) is 0 Å². The van der Waals surface area contributed by atoms with Crippen LogP contribution >= 0.6 is 15.9 Å². The zero-order valence-electron chi connectivity index (χ0n) is 10.4. The van der Waals surface area contributed by atoms with Crippen LogP contribution in [0.1, 0.15) is 16.7 Å². The molecule has 0 amide bonds. The van der Waals surface area contributed by atoms with Crippen LogP contribution in [0.25, 0.3) is 0 Å². The van der Waals surface area contributed by atoms with Crippen LogP contribution in [0, 0.1) is 24.1 Å². The molecule has 0 spiro atoms. The van der Waals surface area contributed by atoms with Crippen LogP contribution < -0.4 is 5.32 Å². The van der Waals surface area contributed by atoms with Crippen molar-refractivity contribution in [2.45, 2.75) is 13.5 Å². The number of halogens is 2. The zero-order chi connectivity index (χ0) is 13.8. The molecule has 2 aromatic carbocycles. The standard InChI is InChI=1S/C15H12BrFN2/c1-10-6-13(16)3-5-15(10)19-9-12-7-14(17)4-2-11(12)8-18/h2-7,19H,9H2,1H3. The van der Waals surface area contributed by atoms with E-state index in [1.165, 1.54) is 18.2 Å². The van der Waals surface area contributed by atoms with Crippen molar-refractivity contribution in [2.75, 3.05) is 5.32 Å². The van der Waals surface area contributed by atoms with Gasteiger partial charge in [0.15, 0.2) is 0 Å². The fraction of sp³-hybridized carbons (Fsp3) is 0.133. The summed E-state index contributed by atoms with van der Waals surface area (Å²) >= 11 is 3.40. The highest BCUT2D eigenvalue weighted by molar-refractivity contribution is 9.10. The summed E-state index contributed by atoms with van der Waals surface area (Å²) in [4.78, 5) is 0. The first kappa shape index (κ1) is 13.6. The van der Waals surface area contributed by atoms with Crippen LogP contribution in [0.4, 0.5) is 10.1 Å². The van der Waals surface area contributed by atoms with E-state index in [0.29, 0.717) is 17.7 Å². The molecule has 0 aromatic heterocycles. The highest BCUT2D eigenvalue weighted by Crippen LogP contribution is 2.21. The minimum Gasteiger partial charge on any atom is -0.381 e. The van der Waals surface area contributed by atoms with Gasteiger partial charge in [-0.1, -0.05) is 15.9 Å². The van der Waals surface area contributed by atoms with Gasteiger partial charge in [0.25, 0.3) is 0 Å². The number of nitriles is 1. The Hall–Kier alpha value is -1.86. The molecule has 0 unspecified atom stereocenters. The van der Waals surface area contributed by atoms with Gasteiger partial charge in [-0.15, -0.1) is 0 Å². The maximum atomic E-state index is 13.2. The molecule has 0 aliphatic carbocycles. The van der Waals surface area contributed by atoms with E-state index in [-0.39, 0.29) is 5.82 Å². The minimum absolute atomic E-state index is 0.330. The Bertz CT molecular complexity index is 647. The van der Waals surface area contributed by atoms with Gasteiger partial charge in [-0.05, 0) is 54.4 Å². The Morgan fingerprint density at radius 1 is 1.26 bits per heavy atom. The van der Waals surface area contributed by atoms with Crippen LogP contribution in [0.5, 0.6) is 0 Å². The van der Waals surface area contributed by atoms with Gasteiger partial charge in [-0.3, -0.25) is 0 Å². The summed E-state index contributed by atoms with van der Waals surface area (Å²) in [6.07, 6.45) is 0. The number of anilines is 1. The van der Waals surface area contributed by atoms with Crippen LogP contribution in [0.2, 0.25) is 0 Å². The molecule has 0 saturated carbocycles. The molecule has 0 aliphatic rings.